The first kappa shape index (κ1) is 12.3. The van der Waals surface area contributed by atoms with Gasteiger partial charge in [0.15, 0.2) is 0 Å². The lowest BCUT2D eigenvalue weighted by molar-refractivity contribution is -0.147. The number of hydrogen-bond donors (Lipinski definition) is 1. The maximum absolute atomic E-state index is 11.3. The Hall–Kier alpha value is -1.80. The normalized spacial score (nSPS) is 10.9. The molecule has 1 aromatic rings. The molecule has 1 N–H and O–H groups in total. The Bertz CT molecular complexity index is 415. The van der Waals surface area contributed by atoms with Gasteiger partial charge in [-0.2, -0.15) is 5.26 Å². The predicted molar refractivity (Wildman–Crippen MR) is 56.4 cm³/mol. The van der Waals surface area contributed by atoms with Crippen LogP contribution in [0.5, 0.6) is 0 Å². The standard InChI is InChI=1S/C11H14N2O3/c1-11(2,10(14)15-3)13-7-9-5-4-8(6-12)16-9/h4-5,13H,7H2,1-3H3. The van der Waals surface area contributed by atoms with Crippen molar-refractivity contribution in [2.45, 2.75) is 25.9 Å². The quantitative estimate of drug-likeness (QED) is 0.774. The molecule has 0 unspecified atom stereocenters. The third-order valence-electron chi connectivity index (χ3n) is 2.17. The van der Waals surface area contributed by atoms with Gasteiger partial charge in [0.2, 0.25) is 5.76 Å². The SMILES string of the molecule is COC(=O)C(C)(C)NCc1ccc(C#N)o1. The van der Waals surface area contributed by atoms with E-state index >= 15 is 0 Å². The lowest BCUT2D eigenvalue weighted by atomic mass is 10.1. The topological polar surface area (TPSA) is 75.3 Å². The van der Waals surface area contributed by atoms with Gasteiger partial charge in [0.25, 0.3) is 0 Å². The predicted octanol–water partition coefficient (Wildman–Crippen LogP) is 1.19. The molecular weight excluding hydrogens is 208 g/mol. The number of nitrogens with one attached hydrogen (secondary N) is 1. The first-order valence-corrected chi connectivity index (χ1v) is 4.82. The fraction of sp³-hybridized carbons (Fsp3) is 0.455. The summed E-state index contributed by atoms with van der Waals surface area (Å²) >= 11 is 0. The highest BCUT2D eigenvalue weighted by Crippen LogP contribution is 2.10. The minimum Gasteiger partial charge on any atom is -0.468 e. The lowest BCUT2D eigenvalue weighted by Crippen LogP contribution is -2.46. The number of carbonyl (C=O) groups excluding carboxylic acids is 1. The minimum atomic E-state index is -0.783. The molecule has 1 aromatic heterocycles. The van der Waals surface area contributed by atoms with Crippen LogP contribution in [0.1, 0.15) is 25.4 Å². The van der Waals surface area contributed by atoms with Gasteiger partial charge in [0, 0.05) is 0 Å². The van der Waals surface area contributed by atoms with Crippen LogP contribution in [0.3, 0.4) is 0 Å². The highest BCUT2D eigenvalue weighted by atomic mass is 16.5. The Morgan fingerprint density at radius 2 is 2.31 bits per heavy atom. The Balaban J connectivity index is 2.58. The van der Waals surface area contributed by atoms with Crippen LogP contribution in [-0.4, -0.2) is 18.6 Å². The Morgan fingerprint density at radius 3 is 2.81 bits per heavy atom. The summed E-state index contributed by atoms with van der Waals surface area (Å²) < 4.78 is 9.81. The van der Waals surface area contributed by atoms with Gasteiger partial charge >= 0.3 is 5.97 Å². The first-order chi connectivity index (χ1) is 7.49. The van der Waals surface area contributed by atoms with E-state index in [1.54, 1.807) is 26.0 Å². The number of esters is 1. The van der Waals surface area contributed by atoms with Crippen molar-refractivity contribution in [3.05, 3.63) is 23.7 Å². The Labute approximate surface area is 94.0 Å². The molecule has 0 amide bonds. The molecular formula is C11H14N2O3. The maximum Gasteiger partial charge on any atom is 0.325 e. The molecule has 0 spiro atoms. The Kier molecular flexibility index (Phi) is 3.69. The molecule has 0 saturated heterocycles. The van der Waals surface area contributed by atoms with E-state index in [1.807, 2.05) is 6.07 Å². The largest absolute Gasteiger partial charge is 0.468 e. The van der Waals surface area contributed by atoms with Crippen LogP contribution >= 0.6 is 0 Å². The third-order valence-corrected chi connectivity index (χ3v) is 2.17. The Morgan fingerprint density at radius 1 is 1.62 bits per heavy atom. The number of nitrogens with zero attached hydrogens (tertiary/aromatic N) is 1. The fourth-order valence-corrected chi connectivity index (χ4v) is 1.17. The fourth-order valence-electron chi connectivity index (χ4n) is 1.17. The summed E-state index contributed by atoms with van der Waals surface area (Å²) in [6, 6.07) is 5.17. The molecule has 16 heavy (non-hydrogen) atoms. The van der Waals surface area contributed by atoms with E-state index < -0.39 is 5.54 Å². The van der Waals surface area contributed by atoms with Gasteiger partial charge in [-0.3, -0.25) is 10.1 Å². The van der Waals surface area contributed by atoms with Crippen LogP contribution in [0.25, 0.3) is 0 Å². The molecule has 0 fully saturated rings. The van der Waals surface area contributed by atoms with Crippen LogP contribution in [-0.2, 0) is 16.1 Å². The van der Waals surface area contributed by atoms with E-state index in [0.29, 0.717) is 12.3 Å². The van der Waals surface area contributed by atoms with Crippen LogP contribution in [0.15, 0.2) is 16.5 Å². The molecule has 0 bridgehead atoms. The summed E-state index contributed by atoms with van der Waals surface area (Å²) in [5, 5.41) is 11.6. The zero-order chi connectivity index (χ0) is 12.2. The summed E-state index contributed by atoms with van der Waals surface area (Å²) in [5.74, 6) is 0.515. The van der Waals surface area contributed by atoms with Crippen molar-refractivity contribution in [3.63, 3.8) is 0 Å². The molecule has 5 nitrogen and oxygen atoms in total. The number of carbonyl (C=O) groups is 1. The van der Waals surface area contributed by atoms with Gasteiger partial charge in [-0.05, 0) is 26.0 Å². The van der Waals surface area contributed by atoms with Crippen LogP contribution in [0.4, 0.5) is 0 Å². The van der Waals surface area contributed by atoms with Gasteiger partial charge in [0.05, 0.1) is 13.7 Å². The van der Waals surface area contributed by atoms with Gasteiger partial charge in [0.1, 0.15) is 17.4 Å². The van der Waals surface area contributed by atoms with Crippen LogP contribution in [0, 0.1) is 11.3 Å². The van der Waals surface area contributed by atoms with Crippen molar-refractivity contribution < 1.29 is 13.9 Å². The lowest BCUT2D eigenvalue weighted by Gasteiger charge is -2.22. The molecule has 0 aromatic carbocycles. The zero-order valence-corrected chi connectivity index (χ0v) is 9.53. The second-order valence-electron chi connectivity index (χ2n) is 3.85. The summed E-state index contributed by atoms with van der Waals surface area (Å²) in [7, 11) is 1.34. The van der Waals surface area contributed by atoms with Gasteiger partial charge in [-0.25, -0.2) is 0 Å². The molecule has 1 heterocycles. The summed E-state index contributed by atoms with van der Waals surface area (Å²) in [4.78, 5) is 11.3. The molecule has 1 rings (SSSR count). The summed E-state index contributed by atoms with van der Waals surface area (Å²) in [5.41, 5.74) is -0.783. The number of hydrogen-bond acceptors (Lipinski definition) is 5. The van der Waals surface area contributed by atoms with Crippen molar-refractivity contribution in [2.75, 3.05) is 7.11 Å². The molecule has 0 saturated carbocycles. The highest BCUT2D eigenvalue weighted by molar-refractivity contribution is 5.79. The number of ether oxygens (including phenoxy) is 1. The third kappa shape index (κ3) is 2.84. The van der Waals surface area contributed by atoms with E-state index in [9.17, 15) is 4.79 Å². The first-order valence-electron chi connectivity index (χ1n) is 4.82. The average molecular weight is 222 g/mol. The van der Waals surface area contributed by atoms with Crippen molar-refractivity contribution in [1.29, 1.82) is 5.26 Å². The van der Waals surface area contributed by atoms with E-state index in [0.717, 1.165) is 0 Å². The molecule has 86 valence electrons. The molecule has 0 aliphatic rings. The second kappa shape index (κ2) is 4.81. The van der Waals surface area contributed by atoms with Crippen molar-refractivity contribution >= 4 is 5.97 Å². The number of nitriles is 1. The van der Waals surface area contributed by atoms with Crippen LogP contribution < -0.4 is 5.32 Å². The monoisotopic (exact) mass is 222 g/mol. The number of rotatable bonds is 4. The maximum atomic E-state index is 11.3. The highest BCUT2D eigenvalue weighted by Gasteiger charge is 2.27. The second-order valence-corrected chi connectivity index (χ2v) is 3.85. The molecule has 0 radical (unpaired) electrons. The van der Waals surface area contributed by atoms with Gasteiger partial charge in [-0.1, -0.05) is 0 Å². The summed E-state index contributed by atoms with van der Waals surface area (Å²) in [6.07, 6.45) is 0. The average Bonchev–Trinajstić information content (AvgIpc) is 2.73. The molecule has 0 atom stereocenters. The molecule has 0 aliphatic heterocycles. The van der Waals surface area contributed by atoms with Crippen molar-refractivity contribution in [3.8, 4) is 6.07 Å². The number of furan rings is 1. The molecule has 0 aliphatic carbocycles. The van der Waals surface area contributed by atoms with Gasteiger partial charge in [-0.15, -0.1) is 0 Å². The van der Waals surface area contributed by atoms with Crippen molar-refractivity contribution in [2.24, 2.45) is 0 Å². The minimum absolute atomic E-state index is 0.257. The van der Waals surface area contributed by atoms with E-state index in [1.165, 1.54) is 7.11 Å². The van der Waals surface area contributed by atoms with Gasteiger partial charge < -0.3 is 9.15 Å². The number of methoxy groups -OCH3 is 1. The van der Waals surface area contributed by atoms with E-state index in [-0.39, 0.29) is 11.7 Å². The van der Waals surface area contributed by atoms with E-state index in [4.69, 9.17) is 9.68 Å². The molecule has 5 heteroatoms. The summed E-state index contributed by atoms with van der Waals surface area (Å²) in [6.45, 7) is 3.80. The smallest absolute Gasteiger partial charge is 0.325 e. The van der Waals surface area contributed by atoms with E-state index in [2.05, 4.69) is 10.1 Å². The van der Waals surface area contributed by atoms with Crippen molar-refractivity contribution in [1.82, 2.24) is 5.32 Å². The van der Waals surface area contributed by atoms with Crippen LogP contribution in [0.2, 0.25) is 0 Å². The zero-order valence-electron chi connectivity index (χ0n) is 9.53.